The van der Waals surface area contributed by atoms with Crippen molar-refractivity contribution in [3.8, 4) is 0 Å². The molecule has 5 nitrogen and oxygen atoms in total. The van der Waals surface area contributed by atoms with Crippen LogP contribution in [-0.2, 0) is 13.0 Å². The fraction of sp³-hybridized carbons (Fsp3) is 0.176. The van der Waals surface area contributed by atoms with Gasteiger partial charge in [-0.15, -0.1) is 0 Å². The summed E-state index contributed by atoms with van der Waals surface area (Å²) in [5, 5.41) is 4.67. The number of furan rings is 1. The van der Waals surface area contributed by atoms with E-state index in [1.165, 1.54) is 5.56 Å². The fourth-order valence-corrected chi connectivity index (χ4v) is 3.00. The number of para-hydroxylation sites is 1. The molecule has 0 bridgehead atoms. The third kappa shape index (κ3) is 2.64. The zero-order chi connectivity index (χ0) is 15.8. The van der Waals surface area contributed by atoms with Crippen molar-refractivity contribution in [2.75, 3.05) is 11.4 Å². The topological polar surface area (TPSA) is 51.3 Å². The van der Waals surface area contributed by atoms with E-state index in [4.69, 9.17) is 16.0 Å². The molecule has 116 valence electrons. The number of aromatic nitrogens is 2. The first-order valence-corrected chi connectivity index (χ1v) is 7.75. The van der Waals surface area contributed by atoms with Crippen LogP contribution < -0.4 is 4.90 Å². The van der Waals surface area contributed by atoms with Crippen LogP contribution >= 0.6 is 11.6 Å². The SMILES string of the molecule is O=C(c1ccc(Cn2cc(Cl)cn2)o1)N1CCc2ccccc21. The third-order valence-corrected chi connectivity index (χ3v) is 4.12. The van der Waals surface area contributed by atoms with Crippen molar-refractivity contribution >= 4 is 23.2 Å². The molecule has 0 N–H and O–H groups in total. The van der Waals surface area contributed by atoms with E-state index in [1.54, 1.807) is 34.1 Å². The second-order valence-electron chi connectivity index (χ2n) is 5.46. The maximum atomic E-state index is 12.7. The molecule has 0 atom stereocenters. The Morgan fingerprint density at radius 1 is 1.26 bits per heavy atom. The molecule has 0 saturated heterocycles. The number of halogens is 1. The summed E-state index contributed by atoms with van der Waals surface area (Å²) in [5.74, 6) is 0.898. The van der Waals surface area contributed by atoms with Gasteiger partial charge in [-0.05, 0) is 30.2 Å². The van der Waals surface area contributed by atoms with Crippen LogP contribution in [0.4, 0.5) is 5.69 Å². The van der Waals surface area contributed by atoms with Crippen molar-refractivity contribution in [2.24, 2.45) is 0 Å². The number of amides is 1. The van der Waals surface area contributed by atoms with Crippen molar-refractivity contribution in [1.29, 1.82) is 0 Å². The number of hydrogen-bond donors (Lipinski definition) is 0. The van der Waals surface area contributed by atoms with Crippen molar-refractivity contribution < 1.29 is 9.21 Å². The van der Waals surface area contributed by atoms with Gasteiger partial charge in [0, 0.05) is 18.4 Å². The summed E-state index contributed by atoms with van der Waals surface area (Å²) in [7, 11) is 0. The van der Waals surface area contributed by atoms with E-state index >= 15 is 0 Å². The molecule has 1 aliphatic rings. The van der Waals surface area contributed by atoms with E-state index in [1.807, 2.05) is 18.2 Å². The summed E-state index contributed by atoms with van der Waals surface area (Å²) in [6.07, 6.45) is 4.15. The quantitative estimate of drug-likeness (QED) is 0.741. The molecule has 4 rings (SSSR count). The minimum atomic E-state index is -0.111. The standard InChI is InChI=1S/C17H14ClN3O2/c18-13-9-19-20(10-13)11-14-5-6-16(23-14)17(22)21-8-7-12-3-1-2-4-15(12)21/h1-6,9-10H,7-8,11H2. The van der Waals surface area contributed by atoms with Crippen molar-refractivity contribution in [1.82, 2.24) is 9.78 Å². The average molecular weight is 328 g/mol. The molecule has 23 heavy (non-hydrogen) atoms. The van der Waals surface area contributed by atoms with Crippen LogP contribution in [0.3, 0.4) is 0 Å². The Balaban J connectivity index is 1.54. The van der Waals surface area contributed by atoms with Crippen LogP contribution in [-0.4, -0.2) is 22.2 Å². The van der Waals surface area contributed by atoms with Crippen LogP contribution in [0.2, 0.25) is 5.02 Å². The largest absolute Gasteiger partial charge is 0.454 e. The van der Waals surface area contributed by atoms with Crippen LogP contribution in [0.15, 0.2) is 53.2 Å². The first-order chi connectivity index (χ1) is 11.2. The predicted octanol–water partition coefficient (Wildman–Crippen LogP) is 3.38. The van der Waals surface area contributed by atoms with Gasteiger partial charge in [-0.3, -0.25) is 9.48 Å². The highest BCUT2D eigenvalue weighted by Gasteiger charge is 2.27. The smallest absolute Gasteiger partial charge is 0.293 e. The van der Waals surface area contributed by atoms with E-state index in [0.717, 1.165) is 12.1 Å². The van der Waals surface area contributed by atoms with Gasteiger partial charge >= 0.3 is 0 Å². The molecule has 6 heteroatoms. The zero-order valence-electron chi connectivity index (χ0n) is 12.3. The molecule has 0 saturated carbocycles. The van der Waals surface area contributed by atoms with Gasteiger partial charge in [-0.1, -0.05) is 29.8 Å². The van der Waals surface area contributed by atoms with E-state index in [9.17, 15) is 4.79 Å². The van der Waals surface area contributed by atoms with Gasteiger partial charge in [0.1, 0.15) is 5.76 Å². The molecule has 0 unspecified atom stereocenters. The maximum absolute atomic E-state index is 12.7. The van der Waals surface area contributed by atoms with Gasteiger partial charge in [0.2, 0.25) is 0 Å². The monoisotopic (exact) mass is 327 g/mol. The van der Waals surface area contributed by atoms with Gasteiger partial charge < -0.3 is 9.32 Å². The number of benzene rings is 1. The summed E-state index contributed by atoms with van der Waals surface area (Å²) in [5.41, 5.74) is 2.16. The molecule has 3 heterocycles. The second kappa shape index (κ2) is 5.59. The predicted molar refractivity (Wildman–Crippen MR) is 86.9 cm³/mol. The van der Waals surface area contributed by atoms with Crippen molar-refractivity contribution in [2.45, 2.75) is 13.0 Å². The van der Waals surface area contributed by atoms with Crippen molar-refractivity contribution in [3.63, 3.8) is 0 Å². The molecule has 0 fully saturated rings. The Labute approximate surface area is 138 Å². The fourth-order valence-electron chi connectivity index (χ4n) is 2.84. The molecular formula is C17H14ClN3O2. The van der Waals surface area contributed by atoms with Crippen LogP contribution in [0.25, 0.3) is 0 Å². The van der Waals surface area contributed by atoms with E-state index in [2.05, 4.69) is 11.2 Å². The molecule has 0 radical (unpaired) electrons. The highest BCUT2D eigenvalue weighted by molar-refractivity contribution is 6.30. The summed E-state index contributed by atoms with van der Waals surface area (Å²) < 4.78 is 7.36. The van der Waals surface area contributed by atoms with E-state index in [-0.39, 0.29) is 5.91 Å². The van der Waals surface area contributed by atoms with E-state index < -0.39 is 0 Å². The molecule has 0 spiro atoms. The first kappa shape index (κ1) is 14.1. The number of hydrogen-bond acceptors (Lipinski definition) is 3. The zero-order valence-corrected chi connectivity index (χ0v) is 13.0. The van der Waals surface area contributed by atoms with Gasteiger partial charge in [-0.25, -0.2) is 0 Å². The van der Waals surface area contributed by atoms with Gasteiger partial charge in [0.05, 0.1) is 17.8 Å². The van der Waals surface area contributed by atoms with Crippen LogP contribution in [0.1, 0.15) is 21.9 Å². The summed E-state index contributed by atoms with van der Waals surface area (Å²) >= 11 is 5.84. The average Bonchev–Trinajstić information content (AvgIpc) is 3.27. The van der Waals surface area contributed by atoms with E-state index in [0.29, 0.717) is 29.6 Å². The number of fused-ring (bicyclic) bond motifs is 1. The number of carbonyl (C=O) groups is 1. The lowest BCUT2D eigenvalue weighted by molar-refractivity contribution is 0.0960. The maximum Gasteiger partial charge on any atom is 0.293 e. The molecule has 1 aromatic carbocycles. The number of carbonyl (C=O) groups excluding carboxylic acids is 1. The first-order valence-electron chi connectivity index (χ1n) is 7.37. The minimum Gasteiger partial charge on any atom is -0.454 e. The van der Waals surface area contributed by atoms with Gasteiger partial charge in [-0.2, -0.15) is 5.10 Å². The third-order valence-electron chi connectivity index (χ3n) is 3.92. The van der Waals surface area contributed by atoms with Crippen LogP contribution in [0.5, 0.6) is 0 Å². The van der Waals surface area contributed by atoms with Crippen molar-refractivity contribution in [3.05, 3.63) is 70.9 Å². The Hall–Kier alpha value is -2.53. The normalized spacial score (nSPS) is 13.3. The lowest BCUT2D eigenvalue weighted by Crippen LogP contribution is -2.28. The minimum absolute atomic E-state index is 0.111. The Morgan fingerprint density at radius 2 is 2.13 bits per heavy atom. The van der Waals surface area contributed by atoms with Gasteiger partial charge in [0.25, 0.3) is 5.91 Å². The lowest BCUT2D eigenvalue weighted by atomic mass is 10.2. The molecule has 3 aromatic rings. The molecule has 2 aromatic heterocycles. The summed E-state index contributed by atoms with van der Waals surface area (Å²) in [6.45, 7) is 1.12. The second-order valence-corrected chi connectivity index (χ2v) is 5.89. The van der Waals surface area contributed by atoms with Crippen LogP contribution in [0, 0.1) is 0 Å². The lowest BCUT2D eigenvalue weighted by Gasteiger charge is -2.15. The molecule has 0 aliphatic carbocycles. The van der Waals surface area contributed by atoms with Gasteiger partial charge in [0.15, 0.2) is 5.76 Å². The molecule has 1 amide bonds. The highest BCUT2D eigenvalue weighted by Crippen LogP contribution is 2.29. The number of anilines is 1. The Bertz CT molecular complexity index is 868. The summed E-state index contributed by atoms with van der Waals surface area (Å²) in [6, 6.07) is 11.5. The number of nitrogens with zero attached hydrogens (tertiary/aromatic N) is 3. The molecular weight excluding hydrogens is 314 g/mol. The molecule has 1 aliphatic heterocycles. The highest BCUT2D eigenvalue weighted by atomic mass is 35.5. The Kier molecular flexibility index (Phi) is 3.42. The number of rotatable bonds is 3. The Morgan fingerprint density at radius 3 is 2.96 bits per heavy atom. The summed E-state index contributed by atoms with van der Waals surface area (Å²) in [4.78, 5) is 14.4.